The average Bonchev–Trinajstić information content (AvgIpc) is 3.38. The van der Waals surface area contributed by atoms with E-state index in [4.69, 9.17) is 23.2 Å². The number of carbonyl (C=O) groups excluding carboxylic acids is 1. The van der Waals surface area contributed by atoms with Crippen LogP contribution in [0.3, 0.4) is 0 Å². The van der Waals surface area contributed by atoms with Gasteiger partial charge in [0.25, 0.3) is 0 Å². The Hall–Kier alpha value is -2.03. The van der Waals surface area contributed by atoms with Crippen molar-refractivity contribution in [3.8, 4) is 0 Å². The van der Waals surface area contributed by atoms with Gasteiger partial charge in [0.15, 0.2) is 0 Å². The number of aliphatic hydroxyl groups is 1. The van der Waals surface area contributed by atoms with Crippen LogP contribution in [0.5, 0.6) is 0 Å². The van der Waals surface area contributed by atoms with Crippen molar-refractivity contribution in [2.45, 2.75) is 37.5 Å². The van der Waals surface area contributed by atoms with Crippen LogP contribution in [0, 0.1) is 6.42 Å². The van der Waals surface area contributed by atoms with Crippen LogP contribution in [0.1, 0.15) is 50.8 Å². The van der Waals surface area contributed by atoms with Crippen molar-refractivity contribution in [3.05, 3.63) is 79.7 Å². The number of ketones is 1. The van der Waals surface area contributed by atoms with Crippen molar-refractivity contribution >= 4 is 46.1 Å². The number of rotatable bonds is 5. The zero-order chi connectivity index (χ0) is 22.2. The molecule has 3 heterocycles. The van der Waals surface area contributed by atoms with Gasteiger partial charge in [0.05, 0.1) is 26.9 Å². The predicted molar refractivity (Wildman–Crippen MR) is 127 cm³/mol. The van der Waals surface area contributed by atoms with Crippen LogP contribution >= 0.6 is 34.5 Å². The normalized spacial score (nSPS) is 22.5. The van der Waals surface area contributed by atoms with Crippen molar-refractivity contribution in [2.75, 3.05) is 11.9 Å². The van der Waals surface area contributed by atoms with E-state index in [1.807, 2.05) is 24.6 Å². The van der Waals surface area contributed by atoms with Gasteiger partial charge >= 0.3 is 0 Å². The zero-order valence-corrected chi connectivity index (χ0v) is 19.3. The molecule has 3 atom stereocenters. The second-order valence-electron chi connectivity index (χ2n) is 8.05. The minimum Gasteiger partial charge on any atom is -0.393 e. The molecule has 3 N–H and O–H groups in total. The van der Waals surface area contributed by atoms with Crippen LogP contribution < -0.4 is 10.6 Å². The summed E-state index contributed by atoms with van der Waals surface area (Å²) in [7, 11) is 0. The van der Waals surface area contributed by atoms with Crippen molar-refractivity contribution in [1.82, 2.24) is 15.3 Å². The minimum atomic E-state index is -0.438. The number of carbonyl (C=O) groups is 1. The molecule has 0 amide bonds. The molecule has 3 aromatic rings. The van der Waals surface area contributed by atoms with Gasteiger partial charge in [0.2, 0.25) is 5.78 Å². The van der Waals surface area contributed by atoms with E-state index in [0.717, 1.165) is 24.1 Å². The predicted octanol–water partition coefficient (Wildman–Crippen LogP) is 4.45. The Morgan fingerprint density at radius 3 is 2.94 bits per heavy atom. The first kappa shape index (κ1) is 21.8. The second-order valence-corrected chi connectivity index (χ2v) is 10.1. The summed E-state index contributed by atoms with van der Waals surface area (Å²) in [5.74, 6) is 0.285. The molecule has 5 rings (SSSR count). The fourth-order valence-corrected chi connectivity index (χ4v) is 5.82. The van der Waals surface area contributed by atoms with Gasteiger partial charge in [-0.3, -0.25) is 4.79 Å². The van der Waals surface area contributed by atoms with E-state index in [1.54, 1.807) is 0 Å². The molecule has 1 unspecified atom stereocenters. The van der Waals surface area contributed by atoms with Gasteiger partial charge in [-0.1, -0.05) is 29.3 Å². The number of halogens is 2. The highest BCUT2D eigenvalue weighted by Crippen LogP contribution is 2.39. The van der Waals surface area contributed by atoms with E-state index in [0.29, 0.717) is 38.5 Å². The Balaban J connectivity index is 1.44. The van der Waals surface area contributed by atoms with Crippen molar-refractivity contribution < 1.29 is 9.90 Å². The number of aromatic nitrogens is 2. The standard InChI is InChI=1S/C23H21Cl2N4O2S/c24-13-2-1-12-5-6-27-20(16(12)7-13)17-9-19(32-22(17)25)21(31)18-10-26-11-28-23(18)29-14-3-4-15(30)8-14/h1-2,4,7,9-11,14-15,20,27,30H,3,5-6,8H2,(H,26,28,29)/t14-,15+,20?/m1/s1. The lowest BCUT2D eigenvalue weighted by Gasteiger charge is -2.27. The van der Waals surface area contributed by atoms with Gasteiger partial charge in [-0.05, 0) is 55.0 Å². The van der Waals surface area contributed by atoms with Gasteiger partial charge < -0.3 is 15.7 Å². The quantitative estimate of drug-likeness (QED) is 0.460. The molecule has 9 heteroatoms. The molecule has 165 valence electrons. The Morgan fingerprint density at radius 1 is 1.25 bits per heavy atom. The lowest BCUT2D eigenvalue weighted by Crippen LogP contribution is -2.30. The minimum absolute atomic E-state index is 0.0293. The maximum absolute atomic E-state index is 13.4. The van der Waals surface area contributed by atoms with E-state index < -0.39 is 6.10 Å². The highest BCUT2D eigenvalue weighted by molar-refractivity contribution is 7.18. The third-order valence-corrected chi connectivity index (χ3v) is 7.55. The van der Waals surface area contributed by atoms with Crippen LogP contribution in [-0.2, 0) is 6.42 Å². The summed E-state index contributed by atoms with van der Waals surface area (Å²) in [4.78, 5) is 22.2. The summed E-state index contributed by atoms with van der Waals surface area (Å²) in [6.45, 7) is 0.819. The van der Waals surface area contributed by atoms with Gasteiger partial charge in [-0.2, -0.15) is 0 Å². The first-order valence-corrected chi connectivity index (χ1v) is 12.0. The molecule has 0 bridgehead atoms. The second kappa shape index (κ2) is 9.08. The number of benzene rings is 1. The lowest BCUT2D eigenvalue weighted by atomic mass is 9.91. The molecule has 1 aliphatic carbocycles. The van der Waals surface area contributed by atoms with E-state index >= 15 is 0 Å². The van der Waals surface area contributed by atoms with Crippen molar-refractivity contribution in [1.29, 1.82) is 0 Å². The summed E-state index contributed by atoms with van der Waals surface area (Å²) in [5.41, 5.74) is 3.57. The van der Waals surface area contributed by atoms with Crippen LogP contribution in [0.25, 0.3) is 0 Å². The Kier molecular flexibility index (Phi) is 6.18. The molecule has 32 heavy (non-hydrogen) atoms. The molecule has 0 saturated heterocycles. The first-order chi connectivity index (χ1) is 15.5. The Bertz CT molecular complexity index is 1170. The number of hydrogen-bond acceptors (Lipinski definition) is 7. The SMILES string of the molecule is O=C(c1cc(C2NCCc3ccc(Cl)cc32)c(Cl)s1)c1cncnc1N[C@@H]1C[CH][C@H](O)C1. The largest absolute Gasteiger partial charge is 0.393 e. The fraction of sp³-hybridized carbons (Fsp3) is 0.304. The number of nitrogens with one attached hydrogen (secondary N) is 2. The molecule has 1 radical (unpaired) electrons. The molecule has 0 spiro atoms. The van der Waals surface area contributed by atoms with Crippen LogP contribution in [0.2, 0.25) is 9.36 Å². The van der Waals surface area contributed by atoms with E-state index in [1.165, 1.54) is 29.4 Å². The summed E-state index contributed by atoms with van der Waals surface area (Å²) < 4.78 is 0.568. The first-order valence-electron chi connectivity index (χ1n) is 10.4. The lowest BCUT2D eigenvalue weighted by molar-refractivity contribution is 0.104. The number of nitrogens with zero attached hydrogens (tertiary/aromatic N) is 2. The summed E-state index contributed by atoms with van der Waals surface area (Å²) >= 11 is 14.1. The molecule has 1 aromatic carbocycles. The van der Waals surface area contributed by atoms with Gasteiger partial charge in [0, 0.05) is 29.4 Å². The number of aliphatic hydroxyl groups excluding tert-OH is 1. The summed E-state index contributed by atoms with van der Waals surface area (Å²) in [6, 6.07) is 7.67. The molecular weight excluding hydrogens is 467 g/mol. The van der Waals surface area contributed by atoms with Crippen LogP contribution in [0.15, 0.2) is 36.8 Å². The maximum atomic E-state index is 13.4. The zero-order valence-electron chi connectivity index (χ0n) is 17.0. The van der Waals surface area contributed by atoms with Gasteiger partial charge in [0.1, 0.15) is 12.1 Å². The summed E-state index contributed by atoms with van der Waals surface area (Å²) in [5, 5.41) is 17.2. The van der Waals surface area contributed by atoms with Crippen molar-refractivity contribution in [3.63, 3.8) is 0 Å². The molecule has 2 aliphatic rings. The van der Waals surface area contributed by atoms with Crippen LogP contribution in [0.4, 0.5) is 5.82 Å². The topological polar surface area (TPSA) is 87.1 Å². The van der Waals surface area contributed by atoms with Gasteiger partial charge in [-0.25, -0.2) is 9.97 Å². The third kappa shape index (κ3) is 4.28. The van der Waals surface area contributed by atoms with Crippen LogP contribution in [-0.4, -0.2) is 39.5 Å². The smallest absolute Gasteiger partial charge is 0.208 e. The molecule has 1 aliphatic heterocycles. The molecular formula is C23H21Cl2N4O2S. The number of hydrogen-bond donors (Lipinski definition) is 3. The van der Waals surface area contributed by atoms with Crippen molar-refractivity contribution in [2.24, 2.45) is 0 Å². The maximum Gasteiger partial charge on any atom is 0.208 e. The number of anilines is 1. The highest BCUT2D eigenvalue weighted by atomic mass is 35.5. The monoisotopic (exact) mass is 487 g/mol. The van der Waals surface area contributed by atoms with E-state index in [2.05, 4.69) is 26.7 Å². The molecule has 1 fully saturated rings. The highest BCUT2D eigenvalue weighted by Gasteiger charge is 2.29. The van der Waals surface area contributed by atoms with Gasteiger partial charge in [-0.15, -0.1) is 11.3 Å². The Morgan fingerprint density at radius 2 is 2.12 bits per heavy atom. The van der Waals surface area contributed by atoms with E-state index in [9.17, 15) is 9.90 Å². The summed E-state index contributed by atoms with van der Waals surface area (Å²) in [6.07, 6.45) is 6.56. The fourth-order valence-electron chi connectivity index (χ4n) is 4.35. The number of fused-ring (bicyclic) bond motifs is 1. The van der Waals surface area contributed by atoms with E-state index in [-0.39, 0.29) is 17.9 Å². The third-order valence-electron chi connectivity index (χ3n) is 5.93. The molecule has 2 aromatic heterocycles. The average molecular weight is 488 g/mol. The number of thiophene rings is 1. The molecule has 1 saturated carbocycles. The molecule has 6 nitrogen and oxygen atoms in total. The Labute approximate surface area is 200 Å².